The van der Waals surface area contributed by atoms with Crippen LogP contribution in [0.5, 0.6) is 0 Å². The van der Waals surface area contributed by atoms with Crippen LogP contribution in [0.1, 0.15) is 30.4 Å². The minimum Gasteiger partial charge on any atom is -0.303 e. The molecule has 17 heavy (non-hydrogen) atoms. The van der Waals surface area contributed by atoms with E-state index in [0.29, 0.717) is 6.42 Å². The molecule has 1 aromatic carbocycles. The number of likely N-dealkylation sites (tertiary alicyclic amines) is 1. The largest absolute Gasteiger partial charge is 0.303 e. The third-order valence-corrected chi connectivity index (χ3v) is 3.10. The SMILES string of the molecule is O=CCC=Cc1cccc(CN2CCCC2)c1. The van der Waals surface area contributed by atoms with E-state index in [1.807, 2.05) is 12.2 Å². The van der Waals surface area contributed by atoms with Crippen molar-refractivity contribution in [2.75, 3.05) is 13.1 Å². The number of carbonyl (C=O) groups excluding carboxylic acids is 1. The number of nitrogens with zero attached hydrogens (tertiary/aromatic N) is 1. The molecular formula is C15H19NO. The summed E-state index contributed by atoms with van der Waals surface area (Å²) in [7, 11) is 0. The van der Waals surface area contributed by atoms with Crippen molar-refractivity contribution in [2.24, 2.45) is 0 Å². The Kier molecular flexibility index (Phi) is 4.51. The van der Waals surface area contributed by atoms with E-state index in [4.69, 9.17) is 0 Å². The van der Waals surface area contributed by atoms with E-state index in [1.165, 1.54) is 37.1 Å². The Morgan fingerprint density at radius 2 is 2.06 bits per heavy atom. The summed E-state index contributed by atoms with van der Waals surface area (Å²) >= 11 is 0. The Morgan fingerprint density at radius 1 is 1.24 bits per heavy atom. The van der Waals surface area contributed by atoms with E-state index < -0.39 is 0 Å². The van der Waals surface area contributed by atoms with Crippen molar-refractivity contribution in [3.8, 4) is 0 Å². The zero-order valence-corrected chi connectivity index (χ0v) is 10.1. The quantitative estimate of drug-likeness (QED) is 0.724. The van der Waals surface area contributed by atoms with Crippen LogP contribution in [-0.4, -0.2) is 24.3 Å². The topological polar surface area (TPSA) is 20.3 Å². The molecule has 0 spiro atoms. The number of allylic oxidation sites excluding steroid dienone is 1. The molecule has 1 fully saturated rings. The first kappa shape index (κ1) is 12.1. The maximum atomic E-state index is 10.2. The van der Waals surface area contributed by atoms with Crippen molar-refractivity contribution >= 4 is 12.4 Å². The molecule has 0 radical (unpaired) electrons. The predicted molar refractivity (Wildman–Crippen MR) is 70.7 cm³/mol. The Hall–Kier alpha value is -1.41. The van der Waals surface area contributed by atoms with Crippen LogP contribution in [0.15, 0.2) is 30.3 Å². The number of carbonyl (C=O) groups is 1. The molecule has 0 aliphatic carbocycles. The van der Waals surface area contributed by atoms with Gasteiger partial charge in [-0.15, -0.1) is 0 Å². The molecule has 1 saturated heterocycles. The van der Waals surface area contributed by atoms with Gasteiger partial charge in [0, 0.05) is 13.0 Å². The lowest BCUT2D eigenvalue weighted by Crippen LogP contribution is -2.18. The molecule has 0 N–H and O–H groups in total. The molecule has 1 aliphatic heterocycles. The van der Waals surface area contributed by atoms with Gasteiger partial charge in [-0.2, -0.15) is 0 Å². The van der Waals surface area contributed by atoms with Crippen LogP contribution >= 0.6 is 0 Å². The summed E-state index contributed by atoms with van der Waals surface area (Å²) in [6.07, 6.45) is 8.00. The average Bonchev–Trinajstić information content (AvgIpc) is 2.83. The van der Waals surface area contributed by atoms with Crippen molar-refractivity contribution in [2.45, 2.75) is 25.8 Å². The third kappa shape index (κ3) is 3.82. The molecule has 1 heterocycles. The van der Waals surface area contributed by atoms with E-state index >= 15 is 0 Å². The van der Waals surface area contributed by atoms with Gasteiger partial charge in [0.2, 0.25) is 0 Å². The molecule has 0 amide bonds. The van der Waals surface area contributed by atoms with Crippen LogP contribution in [0.2, 0.25) is 0 Å². The predicted octanol–water partition coefficient (Wildman–Crippen LogP) is 2.88. The number of benzene rings is 1. The molecule has 1 aliphatic rings. The minimum absolute atomic E-state index is 0.496. The van der Waals surface area contributed by atoms with Gasteiger partial charge in [-0.3, -0.25) is 4.90 Å². The molecule has 2 rings (SSSR count). The molecule has 90 valence electrons. The lowest BCUT2D eigenvalue weighted by Gasteiger charge is -2.14. The van der Waals surface area contributed by atoms with Gasteiger partial charge in [0.25, 0.3) is 0 Å². The van der Waals surface area contributed by atoms with Gasteiger partial charge in [0.1, 0.15) is 6.29 Å². The van der Waals surface area contributed by atoms with Crippen LogP contribution in [-0.2, 0) is 11.3 Å². The molecule has 1 aromatic rings. The smallest absolute Gasteiger partial charge is 0.123 e. The zero-order valence-electron chi connectivity index (χ0n) is 10.1. The highest BCUT2D eigenvalue weighted by Crippen LogP contribution is 2.14. The molecule has 0 saturated carbocycles. The molecule has 0 bridgehead atoms. The number of hydrogen-bond acceptors (Lipinski definition) is 2. The molecule has 0 aromatic heterocycles. The van der Waals surface area contributed by atoms with Crippen molar-refractivity contribution in [1.29, 1.82) is 0 Å². The van der Waals surface area contributed by atoms with Crippen molar-refractivity contribution in [3.63, 3.8) is 0 Å². The van der Waals surface area contributed by atoms with E-state index in [1.54, 1.807) is 0 Å². The second-order valence-electron chi connectivity index (χ2n) is 4.53. The summed E-state index contributed by atoms with van der Waals surface area (Å²) in [6, 6.07) is 8.55. The van der Waals surface area contributed by atoms with Gasteiger partial charge in [0.15, 0.2) is 0 Å². The van der Waals surface area contributed by atoms with Gasteiger partial charge in [0.05, 0.1) is 0 Å². The van der Waals surface area contributed by atoms with Gasteiger partial charge in [-0.05, 0) is 37.1 Å². The van der Waals surface area contributed by atoms with Crippen LogP contribution in [0.25, 0.3) is 6.08 Å². The van der Waals surface area contributed by atoms with E-state index in [2.05, 4.69) is 29.2 Å². The second kappa shape index (κ2) is 6.36. The molecule has 0 atom stereocenters. The maximum Gasteiger partial charge on any atom is 0.123 e. The fourth-order valence-corrected chi connectivity index (χ4v) is 2.25. The third-order valence-electron chi connectivity index (χ3n) is 3.10. The Labute approximate surface area is 103 Å². The summed E-state index contributed by atoms with van der Waals surface area (Å²) in [4.78, 5) is 12.7. The minimum atomic E-state index is 0.496. The lowest BCUT2D eigenvalue weighted by atomic mass is 10.1. The van der Waals surface area contributed by atoms with Crippen LogP contribution in [0, 0.1) is 0 Å². The van der Waals surface area contributed by atoms with E-state index in [-0.39, 0.29) is 0 Å². The van der Waals surface area contributed by atoms with Crippen molar-refractivity contribution < 1.29 is 4.79 Å². The molecule has 2 heteroatoms. The number of hydrogen-bond donors (Lipinski definition) is 0. The first-order chi connectivity index (χ1) is 8.38. The van der Waals surface area contributed by atoms with E-state index in [9.17, 15) is 4.79 Å². The van der Waals surface area contributed by atoms with Crippen molar-refractivity contribution in [1.82, 2.24) is 4.90 Å². The zero-order chi connectivity index (χ0) is 11.9. The standard InChI is InChI=1S/C15H19NO/c17-11-4-1-6-14-7-5-8-15(12-14)13-16-9-2-3-10-16/h1,5-8,11-12H,2-4,9-10,13H2. The van der Waals surface area contributed by atoms with Gasteiger partial charge >= 0.3 is 0 Å². The first-order valence-electron chi connectivity index (χ1n) is 6.30. The Balaban J connectivity index is 1.97. The molecule has 0 unspecified atom stereocenters. The summed E-state index contributed by atoms with van der Waals surface area (Å²) in [5, 5.41) is 0. The molecular weight excluding hydrogens is 210 g/mol. The van der Waals surface area contributed by atoms with Gasteiger partial charge in [-0.1, -0.05) is 36.4 Å². The maximum absolute atomic E-state index is 10.2. The normalized spacial score (nSPS) is 16.7. The van der Waals surface area contributed by atoms with E-state index in [0.717, 1.165) is 12.8 Å². The summed E-state index contributed by atoms with van der Waals surface area (Å²) in [5.74, 6) is 0. The second-order valence-corrected chi connectivity index (χ2v) is 4.53. The van der Waals surface area contributed by atoms with Crippen LogP contribution in [0.3, 0.4) is 0 Å². The summed E-state index contributed by atoms with van der Waals surface area (Å²) in [6.45, 7) is 3.51. The average molecular weight is 229 g/mol. The summed E-state index contributed by atoms with van der Waals surface area (Å²) < 4.78 is 0. The highest BCUT2D eigenvalue weighted by molar-refractivity contribution is 5.58. The highest BCUT2D eigenvalue weighted by atomic mass is 16.1. The van der Waals surface area contributed by atoms with Crippen LogP contribution < -0.4 is 0 Å². The number of rotatable bonds is 5. The highest BCUT2D eigenvalue weighted by Gasteiger charge is 2.11. The monoisotopic (exact) mass is 229 g/mol. The van der Waals surface area contributed by atoms with Gasteiger partial charge in [-0.25, -0.2) is 0 Å². The van der Waals surface area contributed by atoms with Crippen LogP contribution in [0.4, 0.5) is 0 Å². The first-order valence-corrected chi connectivity index (χ1v) is 6.30. The summed E-state index contributed by atoms with van der Waals surface area (Å²) in [5.41, 5.74) is 2.55. The lowest BCUT2D eigenvalue weighted by molar-refractivity contribution is -0.107. The Bertz CT molecular complexity index is 392. The fraction of sp³-hybridized carbons (Fsp3) is 0.400. The fourth-order valence-electron chi connectivity index (χ4n) is 2.25. The van der Waals surface area contributed by atoms with Gasteiger partial charge < -0.3 is 4.79 Å². The van der Waals surface area contributed by atoms with Crippen molar-refractivity contribution in [3.05, 3.63) is 41.5 Å². The molecule has 2 nitrogen and oxygen atoms in total. The number of aldehydes is 1. The Morgan fingerprint density at radius 3 is 2.82 bits per heavy atom.